The first-order valence-corrected chi connectivity index (χ1v) is 6.19. The molecule has 1 N–H and O–H groups in total. The molecule has 4 heteroatoms. The van der Waals surface area contributed by atoms with Crippen LogP contribution < -0.4 is 5.32 Å². The molecule has 0 aromatic heterocycles. The standard InChI is InChI=1S/C12H20F3N/c1-11(5-6-11)8-16-10-4-2-3-9(7-10)12(13,14)15/h9-10,16H,2-8H2,1H3. The van der Waals surface area contributed by atoms with Gasteiger partial charge in [-0.1, -0.05) is 13.3 Å². The van der Waals surface area contributed by atoms with Gasteiger partial charge in [-0.15, -0.1) is 0 Å². The molecule has 2 rings (SSSR count). The number of alkyl halides is 3. The van der Waals surface area contributed by atoms with E-state index in [2.05, 4.69) is 12.2 Å². The highest BCUT2D eigenvalue weighted by molar-refractivity contribution is 4.92. The summed E-state index contributed by atoms with van der Waals surface area (Å²) in [5.41, 5.74) is 0.380. The van der Waals surface area contributed by atoms with Gasteiger partial charge in [0.1, 0.15) is 0 Å². The van der Waals surface area contributed by atoms with Crippen molar-refractivity contribution >= 4 is 0 Å². The van der Waals surface area contributed by atoms with Gasteiger partial charge in [-0.3, -0.25) is 0 Å². The lowest BCUT2D eigenvalue weighted by Gasteiger charge is -2.31. The third-order valence-corrected chi connectivity index (χ3v) is 4.06. The summed E-state index contributed by atoms with van der Waals surface area (Å²) in [5.74, 6) is -1.08. The highest BCUT2D eigenvalue weighted by atomic mass is 19.4. The van der Waals surface area contributed by atoms with Gasteiger partial charge in [0.25, 0.3) is 0 Å². The van der Waals surface area contributed by atoms with Crippen molar-refractivity contribution in [2.24, 2.45) is 11.3 Å². The van der Waals surface area contributed by atoms with Crippen LogP contribution in [0.15, 0.2) is 0 Å². The molecule has 0 aromatic rings. The number of rotatable bonds is 3. The van der Waals surface area contributed by atoms with Gasteiger partial charge in [-0.05, 0) is 37.5 Å². The minimum absolute atomic E-state index is 0.0813. The summed E-state index contributed by atoms with van der Waals surface area (Å²) in [6, 6.07) is 0.0813. The number of hydrogen-bond acceptors (Lipinski definition) is 1. The first kappa shape index (κ1) is 12.2. The van der Waals surface area contributed by atoms with Gasteiger partial charge in [0.15, 0.2) is 0 Å². The molecule has 2 atom stereocenters. The van der Waals surface area contributed by atoms with E-state index in [1.807, 2.05) is 0 Å². The average molecular weight is 235 g/mol. The van der Waals surface area contributed by atoms with Gasteiger partial charge < -0.3 is 5.32 Å². The number of halogens is 3. The van der Waals surface area contributed by atoms with Gasteiger partial charge in [0.2, 0.25) is 0 Å². The van der Waals surface area contributed by atoms with Crippen molar-refractivity contribution in [2.45, 2.75) is 57.7 Å². The number of nitrogens with one attached hydrogen (secondary N) is 1. The monoisotopic (exact) mass is 235 g/mol. The Bertz CT molecular complexity index is 245. The predicted octanol–water partition coefficient (Wildman–Crippen LogP) is 3.50. The molecule has 0 saturated heterocycles. The fourth-order valence-corrected chi connectivity index (χ4v) is 2.45. The van der Waals surface area contributed by atoms with Crippen LogP contribution in [0.1, 0.15) is 45.4 Å². The van der Waals surface area contributed by atoms with Crippen LogP contribution in [0.4, 0.5) is 13.2 Å². The molecule has 2 aliphatic rings. The lowest BCUT2D eigenvalue weighted by molar-refractivity contribution is -0.183. The minimum atomic E-state index is -4.00. The third kappa shape index (κ3) is 3.12. The molecule has 2 aliphatic carbocycles. The van der Waals surface area contributed by atoms with Crippen LogP contribution in [0.5, 0.6) is 0 Å². The summed E-state index contributed by atoms with van der Waals surface area (Å²) in [5, 5.41) is 3.33. The Morgan fingerprint density at radius 2 is 1.94 bits per heavy atom. The molecule has 0 heterocycles. The van der Waals surface area contributed by atoms with Crippen molar-refractivity contribution < 1.29 is 13.2 Å². The van der Waals surface area contributed by atoms with Crippen LogP contribution >= 0.6 is 0 Å². The highest BCUT2D eigenvalue weighted by Crippen LogP contribution is 2.44. The SMILES string of the molecule is CC1(CNC2CCCC(C(F)(F)F)C2)CC1. The van der Waals surface area contributed by atoms with Gasteiger partial charge >= 0.3 is 6.18 Å². The van der Waals surface area contributed by atoms with Gasteiger partial charge in [0, 0.05) is 12.6 Å². The maximum Gasteiger partial charge on any atom is 0.391 e. The molecular formula is C12H20F3N. The van der Waals surface area contributed by atoms with E-state index < -0.39 is 12.1 Å². The Kier molecular flexibility index (Phi) is 3.21. The minimum Gasteiger partial charge on any atom is -0.313 e. The largest absolute Gasteiger partial charge is 0.391 e. The van der Waals surface area contributed by atoms with E-state index in [9.17, 15) is 13.2 Å². The van der Waals surface area contributed by atoms with Gasteiger partial charge in [0.05, 0.1) is 5.92 Å². The zero-order valence-electron chi connectivity index (χ0n) is 9.74. The third-order valence-electron chi connectivity index (χ3n) is 4.06. The molecule has 2 unspecified atom stereocenters. The van der Waals surface area contributed by atoms with E-state index in [1.54, 1.807) is 0 Å². The molecule has 0 amide bonds. The first-order valence-electron chi connectivity index (χ1n) is 6.19. The second kappa shape index (κ2) is 4.21. The average Bonchev–Trinajstić information content (AvgIpc) is 2.94. The molecule has 1 nitrogen and oxygen atoms in total. The number of hydrogen-bond donors (Lipinski definition) is 1. The molecule has 0 bridgehead atoms. The van der Waals surface area contributed by atoms with Gasteiger partial charge in [-0.25, -0.2) is 0 Å². The van der Waals surface area contributed by atoms with Crippen LogP contribution in [-0.2, 0) is 0 Å². The van der Waals surface area contributed by atoms with Crippen LogP contribution in [0.2, 0.25) is 0 Å². The Hall–Kier alpha value is -0.250. The van der Waals surface area contributed by atoms with Crippen molar-refractivity contribution in [3.05, 3.63) is 0 Å². The van der Waals surface area contributed by atoms with Crippen molar-refractivity contribution in [2.75, 3.05) is 6.54 Å². The normalized spacial score (nSPS) is 33.8. The smallest absolute Gasteiger partial charge is 0.313 e. The van der Waals surface area contributed by atoms with E-state index in [0.29, 0.717) is 18.3 Å². The second-order valence-corrected chi connectivity index (χ2v) is 5.79. The van der Waals surface area contributed by atoms with E-state index in [-0.39, 0.29) is 12.5 Å². The lowest BCUT2D eigenvalue weighted by Crippen LogP contribution is -2.40. The molecule has 0 aromatic carbocycles. The van der Waals surface area contributed by atoms with Crippen LogP contribution in [0.25, 0.3) is 0 Å². The quantitative estimate of drug-likeness (QED) is 0.789. The molecule has 0 spiro atoms. The Labute approximate surface area is 94.8 Å². The zero-order valence-corrected chi connectivity index (χ0v) is 9.74. The molecular weight excluding hydrogens is 215 g/mol. The summed E-state index contributed by atoms with van der Waals surface area (Å²) in [7, 11) is 0. The Morgan fingerprint density at radius 3 is 2.50 bits per heavy atom. The van der Waals surface area contributed by atoms with Crippen molar-refractivity contribution in [3.8, 4) is 0 Å². The van der Waals surface area contributed by atoms with Crippen LogP contribution in [0.3, 0.4) is 0 Å². The highest BCUT2D eigenvalue weighted by Gasteiger charge is 2.43. The summed E-state index contributed by atoms with van der Waals surface area (Å²) >= 11 is 0. The Morgan fingerprint density at radius 1 is 1.25 bits per heavy atom. The van der Waals surface area contributed by atoms with E-state index in [1.165, 1.54) is 12.8 Å². The van der Waals surface area contributed by atoms with Crippen molar-refractivity contribution in [1.82, 2.24) is 5.32 Å². The maximum atomic E-state index is 12.6. The second-order valence-electron chi connectivity index (χ2n) is 5.79. The fourth-order valence-electron chi connectivity index (χ4n) is 2.45. The van der Waals surface area contributed by atoms with Crippen molar-refractivity contribution in [1.29, 1.82) is 0 Å². The fraction of sp³-hybridized carbons (Fsp3) is 1.00. The molecule has 16 heavy (non-hydrogen) atoms. The van der Waals surface area contributed by atoms with Crippen LogP contribution in [-0.4, -0.2) is 18.8 Å². The predicted molar refractivity (Wildman–Crippen MR) is 57.1 cm³/mol. The van der Waals surface area contributed by atoms with Crippen LogP contribution in [0, 0.1) is 11.3 Å². The summed E-state index contributed by atoms with van der Waals surface area (Å²) < 4.78 is 37.7. The maximum absolute atomic E-state index is 12.6. The topological polar surface area (TPSA) is 12.0 Å². The van der Waals surface area contributed by atoms with E-state index in [4.69, 9.17) is 0 Å². The first-order chi connectivity index (χ1) is 7.39. The molecule has 2 fully saturated rings. The molecule has 0 aliphatic heterocycles. The van der Waals surface area contributed by atoms with Crippen molar-refractivity contribution in [3.63, 3.8) is 0 Å². The zero-order chi connectivity index (χ0) is 11.8. The molecule has 0 radical (unpaired) electrons. The van der Waals surface area contributed by atoms with E-state index >= 15 is 0 Å². The Balaban J connectivity index is 1.78. The summed E-state index contributed by atoms with van der Waals surface area (Å²) in [6.45, 7) is 3.09. The van der Waals surface area contributed by atoms with E-state index in [0.717, 1.165) is 13.0 Å². The van der Waals surface area contributed by atoms with Gasteiger partial charge in [-0.2, -0.15) is 13.2 Å². The lowest BCUT2D eigenvalue weighted by atomic mass is 9.85. The molecule has 94 valence electrons. The summed E-state index contributed by atoms with van der Waals surface area (Å²) in [4.78, 5) is 0. The molecule has 2 saturated carbocycles. The summed E-state index contributed by atoms with van der Waals surface area (Å²) in [6.07, 6.45) is 0.647.